The van der Waals surface area contributed by atoms with Crippen molar-refractivity contribution in [2.75, 3.05) is 6.54 Å². The predicted molar refractivity (Wildman–Crippen MR) is 68.9 cm³/mol. The fourth-order valence-electron chi connectivity index (χ4n) is 1.55. The Kier molecular flexibility index (Phi) is 6.99. The fraction of sp³-hybridized carbons (Fsp3) is 0.455. The second-order valence-electron chi connectivity index (χ2n) is 3.74. The summed E-state index contributed by atoms with van der Waals surface area (Å²) in [5, 5.41) is -0.315. The van der Waals surface area contributed by atoms with Gasteiger partial charge in [-0.15, -0.1) is 12.4 Å². The van der Waals surface area contributed by atoms with Crippen LogP contribution in [0.2, 0.25) is 5.02 Å². The van der Waals surface area contributed by atoms with E-state index >= 15 is 0 Å². The molecule has 0 aliphatic heterocycles. The van der Waals surface area contributed by atoms with Gasteiger partial charge >= 0.3 is 6.18 Å². The van der Waals surface area contributed by atoms with Crippen molar-refractivity contribution < 1.29 is 13.2 Å². The summed E-state index contributed by atoms with van der Waals surface area (Å²) in [6, 6.07) is 3.25. The number of alkyl halides is 3. The van der Waals surface area contributed by atoms with Gasteiger partial charge in [-0.1, -0.05) is 23.7 Å². The first-order valence-corrected chi connectivity index (χ1v) is 5.57. The SMILES string of the molecule is Cl.NCCC[C@@H](N)c1cccc(C(F)(F)F)c1Cl. The number of hydrogen-bond acceptors (Lipinski definition) is 2. The van der Waals surface area contributed by atoms with E-state index in [1.54, 1.807) is 0 Å². The van der Waals surface area contributed by atoms with E-state index in [0.717, 1.165) is 6.07 Å². The van der Waals surface area contributed by atoms with Crippen molar-refractivity contribution in [3.8, 4) is 0 Å². The van der Waals surface area contributed by atoms with Gasteiger partial charge in [0.25, 0.3) is 0 Å². The normalized spacial score (nSPS) is 13.0. The Bertz CT molecular complexity index is 383. The lowest BCUT2D eigenvalue weighted by molar-refractivity contribution is -0.137. The lowest BCUT2D eigenvalue weighted by atomic mass is 10.0. The molecule has 0 unspecified atom stereocenters. The molecule has 0 aromatic heterocycles. The van der Waals surface area contributed by atoms with Crippen LogP contribution in [-0.4, -0.2) is 6.54 Å². The third-order valence-electron chi connectivity index (χ3n) is 2.45. The van der Waals surface area contributed by atoms with E-state index in [4.69, 9.17) is 23.1 Å². The molecule has 0 fully saturated rings. The molecule has 2 nitrogen and oxygen atoms in total. The molecule has 1 aromatic rings. The Hall–Kier alpha value is -0.490. The second-order valence-corrected chi connectivity index (χ2v) is 4.12. The van der Waals surface area contributed by atoms with Gasteiger partial charge in [-0.2, -0.15) is 13.2 Å². The Morgan fingerprint density at radius 2 is 1.89 bits per heavy atom. The first-order valence-electron chi connectivity index (χ1n) is 5.19. The van der Waals surface area contributed by atoms with Gasteiger partial charge in [-0.05, 0) is 31.0 Å². The van der Waals surface area contributed by atoms with Crippen molar-refractivity contribution in [1.82, 2.24) is 0 Å². The van der Waals surface area contributed by atoms with Gasteiger partial charge in [-0.25, -0.2) is 0 Å². The Morgan fingerprint density at radius 1 is 1.28 bits per heavy atom. The molecule has 104 valence electrons. The summed E-state index contributed by atoms with van der Waals surface area (Å²) in [4.78, 5) is 0. The second kappa shape index (κ2) is 7.19. The fourth-order valence-corrected chi connectivity index (χ4v) is 1.92. The largest absolute Gasteiger partial charge is 0.417 e. The topological polar surface area (TPSA) is 52.0 Å². The molecule has 0 heterocycles. The molecule has 1 rings (SSSR count). The van der Waals surface area contributed by atoms with Gasteiger partial charge in [0.05, 0.1) is 10.6 Å². The molecule has 0 saturated heterocycles. The first-order chi connectivity index (χ1) is 7.88. The van der Waals surface area contributed by atoms with E-state index in [9.17, 15) is 13.2 Å². The van der Waals surface area contributed by atoms with E-state index in [1.165, 1.54) is 12.1 Å². The summed E-state index contributed by atoms with van der Waals surface area (Å²) >= 11 is 5.74. The van der Waals surface area contributed by atoms with Crippen LogP contribution in [0.5, 0.6) is 0 Å². The maximum Gasteiger partial charge on any atom is 0.417 e. The summed E-state index contributed by atoms with van der Waals surface area (Å²) in [7, 11) is 0. The van der Waals surface area contributed by atoms with Crippen LogP contribution in [-0.2, 0) is 6.18 Å². The summed E-state index contributed by atoms with van der Waals surface area (Å²) in [6.45, 7) is 0.449. The van der Waals surface area contributed by atoms with Crippen LogP contribution in [0.1, 0.15) is 30.0 Å². The molecule has 0 aliphatic carbocycles. The number of benzene rings is 1. The van der Waals surface area contributed by atoms with E-state index in [1.807, 2.05) is 0 Å². The Balaban J connectivity index is 0.00000289. The number of nitrogens with two attached hydrogens (primary N) is 2. The minimum Gasteiger partial charge on any atom is -0.330 e. The van der Waals surface area contributed by atoms with Crippen molar-refractivity contribution in [3.63, 3.8) is 0 Å². The van der Waals surface area contributed by atoms with E-state index in [-0.39, 0.29) is 17.4 Å². The predicted octanol–water partition coefficient (Wildman–Crippen LogP) is 3.52. The molecule has 0 radical (unpaired) electrons. The molecule has 1 atom stereocenters. The van der Waals surface area contributed by atoms with Gasteiger partial charge in [0.2, 0.25) is 0 Å². The van der Waals surface area contributed by atoms with Gasteiger partial charge < -0.3 is 11.5 Å². The van der Waals surface area contributed by atoms with Crippen LogP contribution in [0.4, 0.5) is 13.2 Å². The quantitative estimate of drug-likeness (QED) is 0.894. The zero-order valence-electron chi connectivity index (χ0n) is 9.51. The maximum absolute atomic E-state index is 12.6. The smallest absolute Gasteiger partial charge is 0.330 e. The number of hydrogen-bond donors (Lipinski definition) is 2. The standard InChI is InChI=1S/C11H14ClF3N2.ClH/c12-10-7(9(17)5-2-6-16)3-1-4-8(10)11(13,14)15;/h1,3-4,9H,2,5-6,16-17H2;1H/t9-;/m1./s1. The molecule has 18 heavy (non-hydrogen) atoms. The number of halogens is 5. The zero-order chi connectivity index (χ0) is 13.1. The van der Waals surface area contributed by atoms with Crippen LogP contribution in [0.15, 0.2) is 18.2 Å². The van der Waals surface area contributed by atoms with Crippen molar-refractivity contribution in [1.29, 1.82) is 0 Å². The third kappa shape index (κ3) is 4.31. The molecule has 1 aromatic carbocycles. The summed E-state index contributed by atoms with van der Waals surface area (Å²) in [6.07, 6.45) is -3.30. The van der Waals surface area contributed by atoms with Crippen LogP contribution in [0.25, 0.3) is 0 Å². The summed E-state index contributed by atoms with van der Waals surface area (Å²) in [5.41, 5.74) is 10.6. The lowest BCUT2D eigenvalue weighted by Gasteiger charge is -2.17. The number of rotatable bonds is 4. The van der Waals surface area contributed by atoms with E-state index in [2.05, 4.69) is 0 Å². The molecule has 7 heteroatoms. The molecule has 0 spiro atoms. The molecule has 0 bridgehead atoms. The third-order valence-corrected chi connectivity index (χ3v) is 2.87. The minimum absolute atomic E-state index is 0. The molecule has 0 aliphatic rings. The Morgan fingerprint density at radius 3 is 2.39 bits per heavy atom. The molecule has 0 amide bonds. The molecular weight excluding hydrogens is 288 g/mol. The van der Waals surface area contributed by atoms with Gasteiger partial charge in [0.1, 0.15) is 0 Å². The molecular formula is C11H15Cl2F3N2. The van der Waals surface area contributed by atoms with Gasteiger partial charge in [0, 0.05) is 6.04 Å². The van der Waals surface area contributed by atoms with E-state index < -0.39 is 17.8 Å². The minimum atomic E-state index is -4.46. The highest BCUT2D eigenvalue weighted by Crippen LogP contribution is 2.38. The first kappa shape index (κ1) is 17.5. The molecule has 4 N–H and O–H groups in total. The maximum atomic E-state index is 12.6. The lowest BCUT2D eigenvalue weighted by Crippen LogP contribution is -2.15. The van der Waals surface area contributed by atoms with Crippen molar-refractivity contribution in [2.24, 2.45) is 11.5 Å². The Labute approximate surface area is 115 Å². The average Bonchev–Trinajstić information content (AvgIpc) is 2.24. The van der Waals surface area contributed by atoms with Gasteiger partial charge in [0.15, 0.2) is 0 Å². The summed E-state index contributed by atoms with van der Waals surface area (Å²) in [5.74, 6) is 0. The van der Waals surface area contributed by atoms with Crippen molar-refractivity contribution in [3.05, 3.63) is 34.3 Å². The highest BCUT2D eigenvalue weighted by atomic mass is 35.5. The van der Waals surface area contributed by atoms with Crippen LogP contribution < -0.4 is 11.5 Å². The van der Waals surface area contributed by atoms with Gasteiger partial charge in [-0.3, -0.25) is 0 Å². The van der Waals surface area contributed by atoms with Crippen molar-refractivity contribution >= 4 is 24.0 Å². The highest BCUT2D eigenvalue weighted by Gasteiger charge is 2.34. The van der Waals surface area contributed by atoms with Crippen LogP contribution in [0, 0.1) is 0 Å². The van der Waals surface area contributed by atoms with Crippen molar-refractivity contribution in [2.45, 2.75) is 25.1 Å². The van der Waals surface area contributed by atoms with E-state index in [0.29, 0.717) is 24.9 Å². The zero-order valence-corrected chi connectivity index (χ0v) is 11.1. The average molecular weight is 303 g/mol. The van der Waals surface area contributed by atoms with Crippen LogP contribution >= 0.6 is 24.0 Å². The monoisotopic (exact) mass is 302 g/mol. The van der Waals surface area contributed by atoms with Crippen LogP contribution in [0.3, 0.4) is 0 Å². The summed E-state index contributed by atoms with van der Waals surface area (Å²) < 4.78 is 37.8. The molecule has 0 saturated carbocycles. The highest BCUT2D eigenvalue weighted by molar-refractivity contribution is 6.32.